The topological polar surface area (TPSA) is 77.8 Å². The van der Waals surface area contributed by atoms with E-state index in [1.165, 1.54) is 17.3 Å². The third-order valence-electron chi connectivity index (χ3n) is 3.51. The summed E-state index contributed by atoms with van der Waals surface area (Å²) in [5, 5.41) is 14.6. The van der Waals surface area contributed by atoms with Crippen molar-refractivity contribution >= 4 is 23.1 Å². The van der Waals surface area contributed by atoms with Crippen molar-refractivity contribution in [1.29, 1.82) is 0 Å². The van der Waals surface area contributed by atoms with Gasteiger partial charge in [-0.1, -0.05) is 40.7 Å². The molecule has 3 aromatic heterocycles. The van der Waals surface area contributed by atoms with Crippen molar-refractivity contribution in [3.05, 3.63) is 53.2 Å². The lowest BCUT2D eigenvalue weighted by Gasteiger charge is -2.00. The molecule has 0 aliphatic carbocycles. The van der Waals surface area contributed by atoms with E-state index in [2.05, 4.69) is 20.3 Å². The summed E-state index contributed by atoms with van der Waals surface area (Å²) in [4.78, 5) is 5.42. The minimum atomic E-state index is -0.0902. The summed E-state index contributed by atoms with van der Waals surface area (Å²) in [6, 6.07) is 11.9. The number of hydrogen-bond donors (Lipinski definition) is 0. The van der Waals surface area contributed by atoms with Crippen LogP contribution in [0.1, 0.15) is 23.6 Å². The highest BCUT2D eigenvalue weighted by molar-refractivity contribution is 7.99. The van der Waals surface area contributed by atoms with Gasteiger partial charge < -0.3 is 8.94 Å². The first kappa shape index (κ1) is 16.0. The van der Waals surface area contributed by atoms with Crippen molar-refractivity contribution < 1.29 is 8.94 Å². The molecule has 6 nitrogen and oxygen atoms in total. The van der Waals surface area contributed by atoms with Crippen molar-refractivity contribution in [3.8, 4) is 22.2 Å². The molecule has 4 rings (SSSR count). The number of benzene rings is 1. The Kier molecular flexibility index (Phi) is 4.37. The fourth-order valence-electron chi connectivity index (χ4n) is 2.18. The number of thiophene rings is 1. The van der Waals surface area contributed by atoms with Crippen LogP contribution in [0.3, 0.4) is 0 Å². The molecule has 0 radical (unpaired) electrons. The minimum Gasteiger partial charge on any atom is -0.411 e. The molecule has 126 valence electrons. The van der Waals surface area contributed by atoms with Crippen LogP contribution in [-0.2, 0) is 0 Å². The molecule has 0 aliphatic rings. The molecule has 0 saturated carbocycles. The minimum absolute atomic E-state index is 0.0902. The van der Waals surface area contributed by atoms with Gasteiger partial charge in [0, 0.05) is 5.56 Å². The Hall–Kier alpha value is -2.45. The zero-order chi connectivity index (χ0) is 17.2. The molecule has 0 saturated heterocycles. The second kappa shape index (κ2) is 6.81. The Morgan fingerprint density at radius 3 is 2.72 bits per heavy atom. The van der Waals surface area contributed by atoms with Gasteiger partial charge in [0.15, 0.2) is 0 Å². The Balaban J connectivity index is 1.48. The predicted octanol–water partition coefficient (Wildman–Crippen LogP) is 5.01. The molecule has 0 bridgehead atoms. The van der Waals surface area contributed by atoms with E-state index in [0.29, 0.717) is 22.8 Å². The lowest BCUT2D eigenvalue weighted by atomic mass is 10.1. The summed E-state index contributed by atoms with van der Waals surface area (Å²) in [5.41, 5.74) is 2.08. The van der Waals surface area contributed by atoms with Crippen LogP contribution < -0.4 is 0 Å². The van der Waals surface area contributed by atoms with Gasteiger partial charge in [-0.15, -0.1) is 21.5 Å². The molecule has 0 N–H and O–H groups in total. The maximum Gasteiger partial charge on any atom is 0.277 e. The third kappa shape index (κ3) is 3.49. The van der Waals surface area contributed by atoms with Gasteiger partial charge in [0.2, 0.25) is 17.6 Å². The second-order valence-corrected chi connectivity index (χ2v) is 7.67. The van der Waals surface area contributed by atoms with Crippen LogP contribution in [0.2, 0.25) is 0 Å². The molecule has 4 aromatic rings. The maximum atomic E-state index is 5.73. The molecule has 1 aromatic carbocycles. The summed E-state index contributed by atoms with van der Waals surface area (Å²) in [7, 11) is 0. The molecular weight excluding hydrogens is 356 g/mol. The SMILES string of the molecule is Cc1ccc(-c2nnc(SC(C)c3nc(-c4cccs4)no3)o2)cc1. The zero-order valence-corrected chi connectivity index (χ0v) is 15.2. The Morgan fingerprint density at radius 1 is 1.12 bits per heavy atom. The lowest BCUT2D eigenvalue weighted by Crippen LogP contribution is -1.88. The summed E-state index contributed by atoms with van der Waals surface area (Å²) in [5.74, 6) is 1.63. The Labute approximate surface area is 152 Å². The van der Waals surface area contributed by atoms with Gasteiger partial charge in [-0.05, 0) is 37.4 Å². The monoisotopic (exact) mass is 370 g/mol. The van der Waals surface area contributed by atoms with Gasteiger partial charge in [0.1, 0.15) is 0 Å². The zero-order valence-electron chi connectivity index (χ0n) is 13.5. The smallest absolute Gasteiger partial charge is 0.277 e. The Morgan fingerprint density at radius 2 is 1.96 bits per heavy atom. The first-order valence-electron chi connectivity index (χ1n) is 7.64. The van der Waals surface area contributed by atoms with Gasteiger partial charge >= 0.3 is 0 Å². The summed E-state index contributed by atoms with van der Waals surface area (Å²) in [6.45, 7) is 4.00. The van der Waals surface area contributed by atoms with Crippen LogP contribution in [0.25, 0.3) is 22.2 Å². The van der Waals surface area contributed by atoms with Gasteiger partial charge in [0.25, 0.3) is 5.22 Å². The molecule has 1 unspecified atom stereocenters. The number of hydrogen-bond acceptors (Lipinski definition) is 8. The van der Waals surface area contributed by atoms with E-state index in [4.69, 9.17) is 8.94 Å². The van der Waals surface area contributed by atoms with E-state index < -0.39 is 0 Å². The number of aryl methyl sites for hydroxylation is 1. The summed E-state index contributed by atoms with van der Waals surface area (Å²) in [6.07, 6.45) is 0. The van der Waals surface area contributed by atoms with Crippen LogP contribution in [0.4, 0.5) is 0 Å². The van der Waals surface area contributed by atoms with Gasteiger partial charge in [0.05, 0.1) is 10.1 Å². The van der Waals surface area contributed by atoms with E-state index in [-0.39, 0.29) is 5.25 Å². The van der Waals surface area contributed by atoms with Crippen molar-refractivity contribution in [2.24, 2.45) is 0 Å². The van der Waals surface area contributed by atoms with Gasteiger partial charge in [-0.25, -0.2) is 0 Å². The average Bonchev–Trinajstić information content (AvgIpc) is 3.36. The number of thioether (sulfide) groups is 1. The number of rotatable bonds is 5. The fraction of sp³-hybridized carbons (Fsp3) is 0.176. The van der Waals surface area contributed by atoms with E-state index >= 15 is 0 Å². The second-order valence-electron chi connectivity index (χ2n) is 5.43. The number of aromatic nitrogens is 4. The van der Waals surface area contributed by atoms with Crippen molar-refractivity contribution in [1.82, 2.24) is 20.3 Å². The summed E-state index contributed by atoms with van der Waals surface area (Å²) >= 11 is 2.97. The standard InChI is InChI=1S/C17H14N4O2S2/c1-10-5-7-12(8-6-10)16-19-20-17(22-16)25-11(2)15-18-14(21-23-15)13-4-3-9-24-13/h3-9,11H,1-2H3. The molecule has 3 heterocycles. The summed E-state index contributed by atoms with van der Waals surface area (Å²) < 4.78 is 11.1. The molecule has 0 aliphatic heterocycles. The highest BCUT2D eigenvalue weighted by atomic mass is 32.2. The molecule has 1 atom stereocenters. The van der Waals surface area contributed by atoms with Crippen LogP contribution in [0.5, 0.6) is 0 Å². The van der Waals surface area contributed by atoms with Crippen molar-refractivity contribution in [3.63, 3.8) is 0 Å². The van der Waals surface area contributed by atoms with Gasteiger partial charge in [-0.3, -0.25) is 0 Å². The largest absolute Gasteiger partial charge is 0.411 e. The fourth-order valence-corrected chi connectivity index (χ4v) is 3.54. The van der Waals surface area contributed by atoms with Crippen molar-refractivity contribution in [2.75, 3.05) is 0 Å². The lowest BCUT2D eigenvalue weighted by molar-refractivity contribution is 0.379. The number of nitrogens with zero attached hydrogens (tertiary/aromatic N) is 4. The molecule has 0 spiro atoms. The molecule has 25 heavy (non-hydrogen) atoms. The molecular formula is C17H14N4O2S2. The molecule has 8 heteroatoms. The van der Waals surface area contributed by atoms with E-state index in [0.717, 1.165) is 10.4 Å². The first-order chi connectivity index (χ1) is 12.2. The first-order valence-corrected chi connectivity index (χ1v) is 9.39. The van der Waals surface area contributed by atoms with E-state index in [1.54, 1.807) is 11.3 Å². The molecule has 0 amide bonds. The average molecular weight is 370 g/mol. The maximum absolute atomic E-state index is 5.73. The highest BCUT2D eigenvalue weighted by Gasteiger charge is 2.20. The normalized spacial score (nSPS) is 12.4. The Bertz CT molecular complexity index is 961. The van der Waals surface area contributed by atoms with Crippen LogP contribution >= 0.6 is 23.1 Å². The molecule has 0 fully saturated rings. The van der Waals surface area contributed by atoms with Gasteiger partial charge in [-0.2, -0.15) is 4.98 Å². The van der Waals surface area contributed by atoms with Crippen LogP contribution in [-0.4, -0.2) is 20.3 Å². The van der Waals surface area contributed by atoms with E-state index in [9.17, 15) is 0 Å². The van der Waals surface area contributed by atoms with E-state index in [1.807, 2.05) is 55.6 Å². The quantitative estimate of drug-likeness (QED) is 0.457. The van der Waals surface area contributed by atoms with Crippen LogP contribution in [0, 0.1) is 6.92 Å². The third-order valence-corrected chi connectivity index (χ3v) is 5.30. The predicted molar refractivity (Wildman–Crippen MR) is 96.4 cm³/mol. The highest BCUT2D eigenvalue weighted by Crippen LogP contribution is 2.35. The van der Waals surface area contributed by atoms with Crippen LogP contribution in [0.15, 0.2) is 55.9 Å². The van der Waals surface area contributed by atoms with Crippen molar-refractivity contribution in [2.45, 2.75) is 24.3 Å².